The number of nitrogens with one attached hydrogen (secondary N) is 1. The van der Waals surface area contributed by atoms with Crippen LogP contribution in [0.1, 0.15) is 27.0 Å². The number of anilines is 2. The van der Waals surface area contributed by atoms with Gasteiger partial charge in [0.05, 0.1) is 21.2 Å². The topological polar surface area (TPSA) is 66.5 Å². The van der Waals surface area contributed by atoms with E-state index in [0.29, 0.717) is 11.4 Å². The van der Waals surface area contributed by atoms with Crippen molar-refractivity contribution in [3.05, 3.63) is 87.9 Å². The summed E-state index contributed by atoms with van der Waals surface area (Å²) in [5, 5.41) is 3.07. The van der Waals surface area contributed by atoms with Gasteiger partial charge in [-0.25, -0.2) is 8.42 Å². The Kier molecular flexibility index (Phi) is 6.19. The normalized spacial score (nSPS) is 11.2. The van der Waals surface area contributed by atoms with E-state index in [9.17, 15) is 13.2 Å². The van der Waals surface area contributed by atoms with Crippen molar-refractivity contribution in [2.24, 2.45) is 0 Å². The maximum absolute atomic E-state index is 13.0. The van der Waals surface area contributed by atoms with Crippen LogP contribution in [0.3, 0.4) is 0 Å². The predicted molar refractivity (Wildman–Crippen MR) is 122 cm³/mol. The van der Waals surface area contributed by atoms with Gasteiger partial charge in [-0.15, -0.1) is 0 Å². The third kappa shape index (κ3) is 4.66. The Bertz CT molecular complexity index is 1190. The summed E-state index contributed by atoms with van der Waals surface area (Å²) in [5.74, 6) is -0.409. The zero-order valence-corrected chi connectivity index (χ0v) is 18.8. The van der Waals surface area contributed by atoms with Crippen LogP contribution in [0.4, 0.5) is 11.4 Å². The molecule has 3 aromatic carbocycles. The second-order valence-electron chi connectivity index (χ2n) is 7.28. The fourth-order valence-corrected chi connectivity index (χ4v) is 4.53. The molecule has 7 heteroatoms. The number of benzene rings is 3. The van der Waals surface area contributed by atoms with E-state index >= 15 is 0 Å². The number of amides is 1. The van der Waals surface area contributed by atoms with Crippen molar-refractivity contribution in [2.45, 2.75) is 25.7 Å². The average Bonchev–Trinajstić information content (AvgIpc) is 2.67. The molecule has 3 aromatic rings. The van der Waals surface area contributed by atoms with Gasteiger partial charge in [0.25, 0.3) is 15.9 Å². The fraction of sp³-hybridized carbons (Fsp3) is 0.174. The molecule has 0 fully saturated rings. The van der Waals surface area contributed by atoms with Gasteiger partial charge in [-0.1, -0.05) is 35.4 Å². The van der Waals surface area contributed by atoms with Crippen molar-refractivity contribution in [1.29, 1.82) is 0 Å². The van der Waals surface area contributed by atoms with Crippen molar-refractivity contribution >= 4 is 38.9 Å². The van der Waals surface area contributed by atoms with Crippen molar-refractivity contribution in [1.82, 2.24) is 0 Å². The molecular formula is C23H23ClN2O3S. The summed E-state index contributed by atoms with van der Waals surface area (Å²) in [6, 6.07) is 16.9. The summed E-state index contributed by atoms with van der Waals surface area (Å²) in [5.41, 5.74) is 4.20. The highest BCUT2D eigenvalue weighted by molar-refractivity contribution is 7.92. The molecule has 30 heavy (non-hydrogen) atoms. The van der Waals surface area contributed by atoms with E-state index in [1.165, 1.54) is 19.2 Å². The van der Waals surface area contributed by atoms with Gasteiger partial charge in [0.1, 0.15) is 0 Å². The van der Waals surface area contributed by atoms with Gasteiger partial charge in [0.2, 0.25) is 0 Å². The average molecular weight is 443 g/mol. The first-order chi connectivity index (χ1) is 14.1. The third-order valence-electron chi connectivity index (χ3n) is 4.72. The van der Waals surface area contributed by atoms with Gasteiger partial charge < -0.3 is 5.32 Å². The number of rotatable bonds is 5. The zero-order chi connectivity index (χ0) is 22.1. The summed E-state index contributed by atoms with van der Waals surface area (Å²) in [7, 11) is -2.33. The number of carbonyl (C=O) groups excluding carboxylic acids is 1. The lowest BCUT2D eigenvalue weighted by molar-refractivity contribution is 0.102. The first-order valence-electron chi connectivity index (χ1n) is 9.33. The molecule has 1 amide bonds. The minimum atomic E-state index is -3.78. The lowest BCUT2D eigenvalue weighted by atomic mass is 10.1. The minimum Gasteiger partial charge on any atom is -0.322 e. The molecule has 0 atom stereocenters. The number of halogens is 1. The van der Waals surface area contributed by atoms with Crippen molar-refractivity contribution < 1.29 is 13.2 Å². The van der Waals surface area contributed by atoms with Crippen molar-refractivity contribution in [2.75, 3.05) is 16.7 Å². The molecule has 0 saturated carbocycles. The molecule has 0 bridgehead atoms. The highest BCUT2D eigenvalue weighted by Gasteiger charge is 2.23. The molecule has 0 saturated heterocycles. The zero-order valence-electron chi connectivity index (χ0n) is 17.2. The summed E-state index contributed by atoms with van der Waals surface area (Å²) in [6.45, 7) is 5.78. The van der Waals surface area contributed by atoms with Crippen LogP contribution >= 0.6 is 11.6 Å². The maximum Gasteiger partial charge on any atom is 0.264 e. The SMILES string of the molecule is Cc1ccc(S(=O)(=O)N(C)c2ccc(Cl)c(C(=O)Nc3cc(C)cc(C)c3)c2)cc1. The van der Waals surface area contributed by atoms with E-state index in [1.807, 2.05) is 39.0 Å². The molecule has 0 heterocycles. The largest absolute Gasteiger partial charge is 0.322 e. The first kappa shape index (κ1) is 21.9. The maximum atomic E-state index is 13.0. The van der Waals surface area contributed by atoms with Crippen molar-refractivity contribution in [3.8, 4) is 0 Å². The van der Waals surface area contributed by atoms with Crippen LogP contribution in [0.2, 0.25) is 5.02 Å². The molecule has 0 aromatic heterocycles. The molecule has 1 N–H and O–H groups in total. The van der Waals surface area contributed by atoms with E-state index < -0.39 is 15.9 Å². The number of aryl methyl sites for hydroxylation is 3. The Morgan fingerprint density at radius 3 is 2.07 bits per heavy atom. The first-order valence-corrected chi connectivity index (χ1v) is 11.1. The monoisotopic (exact) mass is 442 g/mol. The number of carbonyl (C=O) groups is 1. The van der Waals surface area contributed by atoms with Gasteiger partial charge >= 0.3 is 0 Å². The van der Waals surface area contributed by atoms with Gasteiger partial charge in [-0.05, 0) is 74.4 Å². The molecule has 0 aliphatic rings. The Morgan fingerprint density at radius 2 is 1.47 bits per heavy atom. The molecule has 0 spiro atoms. The smallest absolute Gasteiger partial charge is 0.264 e. The van der Waals surface area contributed by atoms with Gasteiger partial charge in [-0.3, -0.25) is 9.10 Å². The number of hydrogen-bond acceptors (Lipinski definition) is 3. The van der Waals surface area contributed by atoms with Crippen LogP contribution in [0, 0.1) is 20.8 Å². The highest BCUT2D eigenvalue weighted by Crippen LogP contribution is 2.28. The molecule has 0 unspecified atom stereocenters. The fourth-order valence-electron chi connectivity index (χ4n) is 3.14. The van der Waals surface area contributed by atoms with E-state index in [-0.39, 0.29) is 15.5 Å². The molecular weight excluding hydrogens is 420 g/mol. The second kappa shape index (κ2) is 8.50. The van der Waals surface area contributed by atoms with Crippen LogP contribution in [-0.4, -0.2) is 21.4 Å². The molecule has 0 aliphatic carbocycles. The van der Waals surface area contributed by atoms with Crippen LogP contribution in [0.25, 0.3) is 0 Å². The van der Waals surface area contributed by atoms with E-state index in [2.05, 4.69) is 5.32 Å². The van der Waals surface area contributed by atoms with Crippen LogP contribution in [0.5, 0.6) is 0 Å². The summed E-state index contributed by atoms with van der Waals surface area (Å²) in [6.07, 6.45) is 0. The molecule has 3 rings (SSSR count). The summed E-state index contributed by atoms with van der Waals surface area (Å²) >= 11 is 6.24. The Labute approximate surface area is 182 Å². The van der Waals surface area contributed by atoms with Crippen molar-refractivity contribution in [3.63, 3.8) is 0 Å². The molecule has 0 radical (unpaired) electrons. The van der Waals surface area contributed by atoms with Gasteiger partial charge in [-0.2, -0.15) is 0 Å². The second-order valence-corrected chi connectivity index (χ2v) is 9.66. The van der Waals surface area contributed by atoms with Gasteiger partial charge in [0, 0.05) is 12.7 Å². The summed E-state index contributed by atoms with van der Waals surface area (Å²) in [4.78, 5) is 13.0. The van der Waals surface area contributed by atoms with Gasteiger partial charge in [0.15, 0.2) is 0 Å². The number of sulfonamides is 1. The number of hydrogen-bond donors (Lipinski definition) is 1. The Balaban J connectivity index is 1.92. The van der Waals surface area contributed by atoms with Crippen LogP contribution in [-0.2, 0) is 10.0 Å². The molecule has 5 nitrogen and oxygen atoms in total. The Hall–Kier alpha value is -2.83. The molecule has 156 valence electrons. The van der Waals surface area contributed by atoms with E-state index in [4.69, 9.17) is 11.6 Å². The minimum absolute atomic E-state index is 0.173. The van der Waals surface area contributed by atoms with Crippen LogP contribution in [0.15, 0.2) is 65.6 Å². The third-order valence-corrected chi connectivity index (χ3v) is 6.85. The lowest BCUT2D eigenvalue weighted by Crippen LogP contribution is -2.27. The quantitative estimate of drug-likeness (QED) is 0.579. The van der Waals surface area contributed by atoms with E-state index in [0.717, 1.165) is 21.0 Å². The number of nitrogens with zero attached hydrogens (tertiary/aromatic N) is 1. The molecule has 0 aliphatic heterocycles. The van der Waals surface area contributed by atoms with E-state index in [1.54, 1.807) is 30.3 Å². The standard InChI is InChI=1S/C23H23ClN2O3S/c1-15-5-8-20(9-6-15)30(28,29)26(4)19-7-10-22(24)21(14-19)23(27)25-18-12-16(2)11-17(3)13-18/h5-14H,1-4H3,(H,25,27). The summed E-state index contributed by atoms with van der Waals surface area (Å²) < 4.78 is 27.1. The Morgan fingerprint density at radius 1 is 0.867 bits per heavy atom. The predicted octanol–water partition coefficient (Wildman–Crippen LogP) is 5.34. The van der Waals surface area contributed by atoms with Crippen LogP contribution < -0.4 is 9.62 Å². The lowest BCUT2D eigenvalue weighted by Gasteiger charge is -2.20. The highest BCUT2D eigenvalue weighted by atomic mass is 35.5.